The first-order valence-electron chi connectivity index (χ1n) is 8.90. The second kappa shape index (κ2) is 7.92. The molecule has 0 radical (unpaired) electrons. The Morgan fingerprint density at radius 2 is 2.00 bits per heavy atom. The molecule has 0 bridgehead atoms. The molecule has 0 spiro atoms. The van der Waals surface area contributed by atoms with Crippen LogP contribution in [0, 0.1) is 11.3 Å². The fraction of sp³-hybridized carbons (Fsp3) is 0.421. The maximum absolute atomic E-state index is 12.9. The summed E-state index contributed by atoms with van der Waals surface area (Å²) in [5.41, 5.74) is 0.254. The van der Waals surface area contributed by atoms with Crippen LogP contribution in [0.1, 0.15) is 42.5 Å². The quantitative estimate of drug-likeness (QED) is 0.765. The average molecular weight is 386 g/mol. The maximum Gasteiger partial charge on any atom is 0.252 e. The van der Waals surface area contributed by atoms with E-state index in [1.165, 1.54) is 0 Å². The van der Waals surface area contributed by atoms with Gasteiger partial charge in [-0.1, -0.05) is 19.3 Å². The molecular weight excluding hydrogens is 364 g/mol. The van der Waals surface area contributed by atoms with Crippen molar-refractivity contribution >= 4 is 33.7 Å². The van der Waals surface area contributed by atoms with E-state index in [1.807, 2.05) is 12.1 Å². The molecule has 142 valence electrons. The van der Waals surface area contributed by atoms with Crippen LogP contribution in [-0.4, -0.2) is 38.3 Å². The third kappa shape index (κ3) is 3.88. The number of benzene rings is 1. The van der Waals surface area contributed by atoms with E-state index in [0.29, 0.717) is 18.4 Å². The van der Waals surface area contributed by atoms with Gasteiger partial charge in [0.05, 0.1) is 11.6 Å². The van der Waals surface area contributed by atoms with E-state index < -0.39 is 16.5 Å². The predicted molar refractivity (Wildman–Crippen MR) is 103 cm³/mol. The minimum Gasteiger partial charge on any atom is -0.341 e. The Bertz CT molecular complexity index is 938. The van der Waals surface area contributed by atoms with Gasteiger partial charge in [0.2, 0.25) is 5.91 Å². The van der Waals surface area contributed by atoms with E-state index in [1.54, 1.807) is 34.6 Å². The lowest BCUT2D eigenvalue weighted by molar-refractivity contribution is -0.128. The van der Waals surface area contributed by atoms with Crippen LogP contribution in [0.2, 0.25) is 0 Å². The first kappa shape index (κ1) is 19.1. The Kier molecular flexibility index (Phi) is 5.61. The fourth-order valence-electron chi connectivity index (χ4n) is 3.63. The van der Waals surface area contributed by atoms with Gasteiger partial charge in [-0.05, 0) is 37.1 Å². The summed E-state index contributed by atoms with van der Waals surface area (Å²) >= 11 is 0. The molecule has 0 aliphatic heterocycles. The molecule has 1 saturated carbocycles. The maximum atomic E-state index is 12.9. The zero-order valence-electron chi connectivity index (χ0n) is 15.2. The van der Waals surface area contributed by atoms with Gasteiger partial charge in [0.15, 0.2) is 0 Å². The van der Waals surface area contributed by atoms with Crippen molar-refractivity contribution in [2.75, 3.05) is 12.8 Å². The molecule has 1 atom stereocenters. The normalized spacial score (nSPS) is 17.0. The molecule has 1 heterocycles. The van der Waals surface area contributed by atoms with Crippen LogP contribution in [-0.2, 0) is 15.8 Å². The minimum absolute atomic E-state index is 0.0793. The van der Waals surface area contributed by atoms with Crippen molar-refractivity contribution in [2.45, 2.75) is 37.6 Å². The highest BCUT2D eigenvalue weighted by Crippen LogP contribution is 2.29. The number of hydrogen-bond acceptors (Lipinski definition) is 4. The summed E-state index contributed by atoms with van der Waals surface area (Å²) in [5.74, 6) is -0.623. The number of nitrogens with one attached hydrogen (secondary N) is 2. The van der Waals surface area contributed by atoms with Gasteiger partial charge >= 0.3 is 0 Å². The number of carbonyl (C=O) groups is 2. The SMILES string of the molecule is CS(=O)n1ccc2cc(C(=O)NC3(C(=O)NCC#N)CCCCC3)ccc21. The number of carbonyl (C=O) groups excluding carboxylic acids is 2. The standard InChI is InChI=1S/C19H22N4O3S/c1-27(26)23-12-7-14-13-15(5-6-16(14)23)17(24)22-19(8-3-2-4-9-19)18(25)21-11-10-20/h5-7,12-13H,2-4,8-9,11H2,1H3,(H,21,25)(H,22,24). The van der Waals surface area contributed by atoms with E-state index in [-0.39, 0.29) is 18.4 Å². The van der Waals surface area contributed by atoms with Gasteiger partial charge in [-0.2, -0.15) is 5.26 Å². The lowest BCUT2D eigenvalue weighted by Crippen LogP contribution is -2.59. The molecular formula is C19H22N4O3S. The highest BCUT2D eigenvalue weighted by Gasteiger charge is 2.40. The Morgan fingerprint density at radius 1 is 1.26 bits per heavy atom. The van der Waals surface area contributed by atoms with Crippen LogP contribution in [0.25, 0.3) is 10.9 Å². The Hall–Kier alpha value is -2.66. The first-order valence-corrected chi connectivity index (χ1v) is 10.4. The summed E-state index contributed by atoms with van der Waals surface area (Å²) in [6, 6.07) is 8.87. The van der Waals surface area contributed by atoms with Crippen LogP contribution >= 0.6 is 0 Å². The molecule has 2 aromatic rings. The zero-order chi connectivity index (χ0) is 19.4. The Labute approximate surface area is 160 Å². The van der Waals surface area contributed by atoms with Crippen molar-refractivity contribution in [3.8, 4) is 6.07 Å². The van der Waals surface area contributed by atoms with E-state index in [9.17, 15) is 13.8 Å². The van der Waals surface area contributed by atoms with Gasteiger partial charge in [-0.15, -0.1) is 0 Å². The van der Waals surface area contributed by atoms with Crippen LogP contribution in [0.3, 0.4) is 0 Å². The van der Waals surface area contributed by atoms with Gasteiger partial charge < -0.3 is 10.6 Å². The number of rotatable bonds is 5. The molecule has 1 fully saturated rings. The van der Waals surface area contributed by atoms with Gasteiger partial charge in [0.25, 0.3) is 5.91 Å². The lowest BCUT2D eigenvalue weighted by Gasteiger charge is -2.36. The number of amides is 2. The van der Waals surface area contributed by atoms with Crippen molar-refractivity contribution in [2.24, 2.45) is 0 Å². The minimum atomic E-state index is -1.17. The Balaban J connectivity index is 1.85. The molecule has 27 heavy (non-hydrogen) atoms. The Morgan fingerprint density at radius 3 is 2.67 bits per heavy atom. The topological polar surface area (TPSA) is 104 Å². The van der Waals surface area contributed by atoms with Gasteiger partial charge in [0, 0.05) is 23.4 Å². The highest BCUT2D eigenvalue weighted by atomic mass is 32.2. The molecule has 0 saturated heterocycles. The van der Waals surface area contributed by atoms with Gasteiger partial charge in [-0.25, -0.2) is 4.21 Å². The van der Waals surface area contributed by atoms with E-state index in [2.05, 4.69) is 10.6 Å². The summed E-state index contributed by atoms with van der Waals surface area (Å²) in [4.78, 5) is 25.5. The summed E-state index contributed by atoms with van der Waals surface area (Å²) < 4.78 is 13.4. The smallest absolute Gasteiger partial charge is 0.252 e. The molecule has 3 rings (SSSR count). The molecule has 2 amide bonds. The molecule has 1 aromatic carbocycles. The number of fused-ring (bicyclic) bond motifs is 1. The van der Waals surface area contributed by atoms with Gasteiger partial charge in [0.1, 0.15) is 23.1 Å². The summed E-state index contributed by atoms with van der Waals surface area (Å²) in [5, 5.41) is 15.1. The molecule has 1 aliphatic carbocycles. The third-order valence-electron chi connectivity index (χ3n) is 5.02. The van der Waals surface area contributed by atoms with Crippen LogP contribution in [0.5, 0.6) is 0 Å². The molecule has 1 aliphatic rings. The number of aromatic nitrogens is 1. The van der Waals surface area contributed by atoms with Crippen molar-refractivity contribution in [1.29, 1.82) is 5.26 Å². The van der Waals surface area contributed by atoms with Crippen molar-refractivity contribution in [3.05, 3.63) is 36.0 Å². The number of nitriles is 1. The largest absolute Gasteiger partial charge is 0.341 e. The van der Waals surface area contributed by atoms with Crippen molar-refractivity contribution in [1.82, 2.24) is 14.6 Å². The second-order valence-corrected chi connectivity index (χ2v) is 8.02. The molecule has 1 unspecified atom stereocenters. The average Bonchev–Trinajstić information content (AvgIpc) is 3.10. The third-order valence-corrected chi connectivity index (χ3v) is 5.89. The molecule has 2 N–H and O–H groups in total. The van der Waals surface area contributed by atoms with E-state index >= 15 is 0 Å². The van der Waals surface area contributed by atoms with Gasteiger partial charge in [-0.3, -0.25) is 13.6 Å². The van der Waals surface area contributed by atoms with Crippen LogP contribution in [0.4, 0.5) is 0 Å². The monoisotopic (exact) mass is 386 g/mol. The first-order chi connectivity index (χ1) is 13.0. The number of hydrogen-bond donors (Lipinski definition) is 2. The van der Waals surface area contributed by atoms with Crippen molar-refractivity contribution < 1.29 is 13.8 Å². The highest BCUT2D eigenvalue weighted by molar-refractivity contribution is 7.82. The molecule has 8 heteroatoms. The zero-order valence-corrected chi connectivity index (χ0v) is 16.0. The lowest BCUT2D eigenvalue weighted by atomic mass is 9.80. The van der Waals surface area contributed by atoms with E-state index in [4.69, 9.17) is 5.26 Å². The van der Waals surface area contributed by atoms with Crippen molar-refractivity contribution in [3.63, 3.8) is 0 Å². The molecule has 7 nitrogen and oxygen atoms in total. The van der Waals surface area contributed by atoms with E-state index in [0.717, 1.165) is 30.2 Å². The summed E-state index contributed by atoms with van der Waals surface area (Å²) in [6.45, 7) is -0.0793. The van der Waals surface area contributed by atoms with Crippen LogP contribution in [0.15, 0.2) is 30.5 Å². The summed E-state index contributed by atoms with van der Waals surface area (Å²) in [6.07, 6.45) is 7.16. The summed E-state index contributed by atoms with van der Waals surface area (Å²) in [7, 11) is -1.17. The fourth-order valence-corrected chi connectivity index (χ4v) is 4.30. The molecule has 1 aromatic heterocycles. The predicted octanol–water partition coefficient (Wildman–Crippen LogP) is 1.86. The second-order valence-electron chi connectivity index (χ2n) is 6.78. The van der Waals surface area contributed by atoms with Crippen LogP contribution < -0.4 is 10.6 Å². The number of nitrogens with zero attached hydrogens (tertiary/aromatic N) is 2.